The quantitative estimate of drug-likeness (QED) is 0.840. The SMILES string of the molecule is Cc1cc(NCc2csc(CCN)n2)n(C)n1. The molecule has 5 nitrogen and oxygen atoms in total. The molecule has 0 aliphatic carbocycles. The van der Waals surface area contributed by atoms with Crippen LogP contribution in [-0.2, 0) is 20.0 Å². The molecule has 0 unspecified atom stereocenters. The zero-order valence-corrected chi connectivity index (χ0v) is 10.9. The number of rotatable bonds is 5. The van der Waals surface area contributed by atoms with Crippen molar-refractivity contribution in [1.29, 1.82) is 0 Å². The van der Waals surface area contributed by atoms with Gasteiger partial charge in [0.15, 0.2) is 0 Å². The lowest BCUT2D eigenvalue weighted by Crippen LogP contribution is -2.06. The second-order valence-electron chi connectivity index (χ2n) is 3.92. The highest BCUT2D eigenvalue weighted by Gasteiger charge is 2.04. The van der Waals surface area contributed by atoms with Crippen LogP contribution >= 0.6 is 11.3 Å². The summed E-state index contributed by atoms with van der Waals surface area (Å²) in [4.78, 5) is 4.50. The Morgan fingerprint density at radius 1 is 1.53 bits per heavy atom. The van der Waals surface area contributed by atoms with E-state index in [1.165, 1.54) is 0 Å². The van der Waals surface area contributed by atoms with Crippen LogP contribution in [0.15, 0.2) is 11.4 Å². The largest absolute Gasteiger partial charge is 0.365 e. The van der Waals surface area contributed by atoms with E-state index in [1.54, 1.807) is 11.3 Å². The van der Waals surface area contributed by atoms with Gasteiger partial charge in [0.25, 0.3) is 0 Å². The van der Waals surface area contributed by atoms with Gasteiger partial charge in [0.1, 0.15) is 5.82 Å². The Kier molecular flexibility index (Phi) is 3.75. The van der Waals surface area contributed by atoms with E-state index in [2.05, 4.69) is 20.8 Å². The third-order valence-electron chi connectivity index (χ3n) is 2.41. The van der Waals surface area contributed by atoms with Crippen molar-refractivity contribution in [3.63, 3.8) is 0 Å². The smallest absolute Gasteiger partial charge is 0.124 e. The highest BCUT2D eigenvalue weighted by molar-refractivity contribution is 7.09. The fraction of sp³-hybridized carbons (Fsp3) is 0.455. The molecule has 0 saturated heterocycles. The van der Waals surface area contributed by atoms with Crippen LogP contribution < -0.4 is 11.1 Å². The Labute approximate surface area is 105 Å². The molecule has 0 fully saturated rings. The average Bonchev–Trinajstić information content (AvgIpc) is 2.83. The van der Waals surface area contributed by atoms with E-state index >= 15 is 0 Å². The molecule has 0 aliphatic rings. The number of nitrogens with zero attached hydrogens (tertiary/aromatic N) is 3. The van der Waals surface area contributed by atoms with Gasteiger partial charge in [-0.15, -0.1) is 11.3 Å². The van der Waals surface area contributed by atoms with E-state index in [0.29, 0.717) is 6.54 Å². The first-order valence-electron chi connectivity index (χ1n) is 5.57. The van der Waals surface area contributed by atoms with Crippen LogP contribution in [0.5, 0.6) is 0 Å². The number of hydrogen-bond acceptors (Lipinski definition) is 5. The van der Waals surface area contributed by atoms with Crippen LogP contribution in [0.25, 0.3) is 0 Å². The molecule has 2 aromatic heterocycles. The molecule has 0 bridgehead atoms. The molecule has 2 rings (SSSR count). The summed E-state index contributed by atoms with van der Waals surface area (Å²) in [7, 11) is 1.93. The van der Waals surface area contributed by atoms with E-state index < -0.39 is 0 Å². The topological polar surface area (TPSA) is 68.8 Å². The van der Waals surface area contributed by atoms with Crippen LogP contribution in [0.2, 0.25) is 0 Å². The molecule has 0 spiro atoms. The van der Waals surface area contributed by atoms with Crippen molar-refractivity contribution in [2.75, 3.05) is 11.9 Å². The second kappa shape index (κ2) is 5.29. The van der Waals surface area contributed by atoms with E-state index in [0.717, 1.165) is 35.2 Å². The molecule has 0 radical (unpaired) electrons. The van der Waals surface area contributed by atoms with Crippen molar-refractivity contribution in [1.82, 2.24) is 14.8 Å². The number of aromatic nitrogens is 3. The number of nitrogens with one attached hydrogen (secondary N) is 1. The Hall–Kier alpha value is -1.40. The molecule has 2 aromatic rings. The first-order valence-corrected chi connectivity index (χ1v) is 6.45. The van der Waals surface area contributed by atoms with E-state index in [-0.39, 0.29) is 0 Å². The molecule has 0 saturated carbocycles. The third-order valence-corrected chi connectivity index (χ3v) is 3.37. The molecule has 0 amide bonds. The summed E-state index contributed by atoms with van der Waals surface area (Å²) in [5.41, 5.74) is 7.56. The van der Waals surface area contributed by atoms with Gasteiger partial charge in [-0.2, -0.15) is 5.10 Å². The molecule has 0 aliphatic heterocycles. The molecular formula is C11H17N5S. The van der Waals surface area contributed by atoms with Crippen LogP contribution in [0.3, 0.4) is 0 Å². The highest BCUT2D eigenvalue weighted by atomic mass is 32.1. The molecule has 3 N–H and O–H groups in total. The first kappa shape index (κ1) is 12.1. The maximum atomic E-state index is 5.50. The summed E-state index contributed by atoms with van der Waals surface area (Å²) in [6, 6.07) is 2.02. The van der Waals surface area contributed by atoms with Crippen molar-refractivity contribution in [2.24, 2.45) is 12.8 Å². The lowest BCUT2D eigenvalue weighted by molar-refractivity contribution is 0.757. The summed E-state index contributed by atoms with van der Waals surface area (Å²) >= 11 is 1.67. The molecule has 92 valence electrons. The first-order chi connectivity index (χ1) is 8.19. The van der Waals surface area contributed by atoms with Gasteiger partial charge in [0, 0.05) is 24.9 Å². The standard InChI is InChI=1S/C11H17N5S/c1-8-5-10(16(2)15-8)13-6-9-7-17-11(14-9)3-4-12/h5,7,13H,3-4,6,12H2,1-2H3. The van der Waals surface area contributed by atoms with Crippen molar-refractivity contribution >= 4 is 17.2 Å². The number of hydrogen-bond donors (Lipinski definition) is 2. The van der Waals surface area contributed by atoms with Gasteiger partial charge in [-0.3, -0.25) is 4.68 Å². The minimum absolute atomic E-state index is 0.654. The number of aryl methyl sites for hydroxylation is 2. The third kappa shape index (κ3) is 3.04. The summed E-state index contributed by atoms with van der Waals surface area (Å²) < 4.78 is 1.84. The minimum Gasteiger partial charge on any atom is -0.365 e. The normalized spacial score (nSPS) is 10.8. The Morgan fingerprint density at radius 2 is 2.35 bits per heavy atom. The zero-order valence-electron chi connectivity index (χ0n) is 10.1. The van der Waals surface area contributed by atoms with Crippen LogP contribution in [0, 0.1) is 6.92 Å². The van der Waals surface area contributed by atoms with Crippen LogP contribution in [-0.4, -0.2) is 21.3 Å². The van der Waals surface area contributed by atoms with Crippen molar-refractivity contribution in [3.8, 4) is 0 Å². The average molecular weight is 251 g/mol. The maximum Gasteiger partial charge on any atom is 0.124 e. The predicted octanol–water partition coefficient (Wildman–Crippen LogP) is 1.30. The van der Waals surface area contributed by atoms with Crippen LogP contribution in [0.1, 0.15) is 16.4 Å². The molecule has 0 aromatic carbocycles. The Balaban J connectivity index is 1.95. The molecule has 6 heteroatoms. The summed E-state index contributed by atoms with van der Waals surface area (Å²) in [5, 5.41) is 10.8. The van der Waals surface area contributed by atoms with E-state index in [4.69, 9.17) is 5.73 Å². The van der Waals surface area contributed by atoms with Gasteiger partial charge in [0.05, 0.1) is 22.9 Å². The fourth-order valence-corrected chi connectivity index (χ4v) is 2.44. The fourth-order valence-electron chi connectivity index (χ4n) is 1.63. The van der Waals surface area contributed by atoms with E-state index in [9.17, 15) is 0 Å². The Bertz CT molecular complexity index is 488. The summed E-state index contributed by atoms with van der Waals surface area (Å²) in [6.45, 7) is 3.36. The maximum absolute atomic E-state index is 5.50. The second-order valence-corrected chi connectivity index (χ2v) is 4.86. The van der Waals surface area contributed by atoms with Crippen molar-refractivity contribution < 1.29 is 0 Å². The highest BCUT2D eigenvalue weighted by Crippen LogP contribution is 2.13. The van der Waals surface area contributed by atoms with Crippen molar-refractivity contribution in [3.05, 3.63) is 27.8 Å². The molecule has 2 heterocycles. The van der Waals surface area contributed by atoms with Crippen molar-refractivity contribution in [2.45, 2.75) is 19.9 Å². The van der Waals surface area contributed by atoms with E-state index in [1.807, 2.05) is 24.7 Å². The number of nitrogens with two attached hydrogens (primary N) is 1. The van der Waals surface area contributed by atoms with Gasteiger partial charge in [-0.1, -0.05) is 0 Å². The van der Waals surface area contributed by atoms with Gasteiger partial charge >= 0.3 is 0 Å². The van der Waals surface area contributed by atoms with Crippen LogP contribution in [0.4, 0.5) is 5.82 Å². The number of anilines is 1. The predicted molar refractivity (Wildman–Crippen MR) is 70.1 cm³/mol. The molecule has 0 atom stereocenters. The zero-order chi connectivity index (χ0) is 12.3. The molecular weight excluding hydrogens is 234 g/mol. The monoisotopic (exact) mass is 251 g/mol. The van der Waals surface area contributed by atoms with Gasteiger partial charge < -0.3 is 11.1 Å². The van der Waals surface area contributed by atoms with Gasteiger partial charge in [0.2, 0.25) is 0 Å². The van der Waals surface area contributed by atoms with Gasteiger partial charge in [-0.25, -0.2) is 4.98 Å². The summed E-state index contributed by atoms with van der Waals surface area (Å²) in [5.74, 6) is 1.01. The Morgan fingerprint density at radius 3 is 3.00 bits per heavy atom. The lowest BCUT2D eigenvalue weighted by atomic mass is 10.4. The lowest BCUT2D eigenvalue weighted by Gasteiger charge is -2.03. The minimum atomic E-state index is 0.654. The number of thiazole rings is 1. The molecule has 17 heavy (non-hydrogen) atoms. The summed E-state index contributed by atoms with van der Waals surface area (Å²) in [6.07, 6.45) is 0.857. The van der Waals surface area contributed by atoms with Gasteiger partial charge in [-0.05, 0) is 13.5 Å².